The van der Waals surface area contributed by atoms with Crippen LogP contribution in [0.25, 0.3) is 0 Å². The third-order valence-electron chi connectivity index (χ3n) is 3.17. The van der Waals surface area contributed by atoms with Gasteiger partial charge in [0.2, 0.25) is 5.91 Å². The van der Waals surface area contributed by atoms with E-state index >= 15 is 0 Å². The number of hydrogen-bond acceptors (Lipinski definition) is 2. The summed E-state index contributed by atoms with van der Waals surface area (Å²) in [5, 5.41) is 7.41. The Balaban J connectivity index is 1.62. The zero-order chi connectivity index (χ0) is 15.8. The average molecular weight is 337 g/mol. The normalized spacial score (nSPS) is 10.5. The molecule has 2 N–H and O–H groups in total. The largest absolute Gasteiger partial charge is 0.351 e. The third kappa shape index (κ3) is 6.06. The Bertz CT molecular complexity index is 614. The van der Waals surface area contributed by atoms with Crippen molar-refractivity contribution in [3.63, 3.8) is 0 Å². The van der Waals surface area contributed by atoms with Crippen LogP contribution in [-0.4, -0.2) is 19.0 Å². The molecule has 0 saturated carbocycles. The van der Waals surface area contributed by atoms with E-state index in [1.807, 2.05) is 48.5 Å². The molecule has 0 aromatic heterocycles. The first kappa shape index (κ1) is 16.8. The molecule has 2 aromatic rings. The summed E-state index contributed by atoms with van der Waals surface area (Å²) in [5.74, 6) is -0.0268. The second-order valence-corrected chi connectivity index (χ2v) is 5.83. The summed E-state index contributed by atoms with van der Waals surface area (Å²) in [6.07, 6.45) is 0.838. The minimum atomic E-state index is -0.0268. The highest BCUT2D eigenvalue weighted by Crippen LogP contribution is 2.10. The van der Waals surface area contributed by atoms with Gasteiger partial charge < -0.3 is 10.6 Å². The number of amides is 1. The van der Waals surface area contributed by atoms with E-state index in [2.05, 4.69) is 10.6 Å². The molecule has 0 aliphatic heterocycles. The smallest absolute Gasteiger partial charge is 0.234 e. The molecule has 0 spiro atoms. The molecule has 0 aliphatic rings. The fourth-order valence-electron chi connectivity index (χ4n) is 1.99. The molecule has 0 fully saturated rings. The summed E-state index contributed by atoms with van der Waals surface area (Å²) in [5.41, 5.74) is 2.18. The predicted molar refractivity (Wildman–Crippen MR) is 91.3 cm³/mol. The van der Waals surface area contributed by atoms with Crippen LogP contribution in [0.4, 0.5) is 0 Å². The molecule has 5 heteroatoms. The molecular formula is C17H18Cl2N2O. The number of hydrogen-bond donors (Lipinski definition) is 2. The van der Waals surface area contributed by atoms with Gasteiger partial charge in [-0.1, -0.05) is 47.5 Å². The molecule has 2 rings (SSSR count). The summed E-state index contributed by atoms with van der Waals surface area (Å²) in [6, 6.07) is 15.2. The Morgan fingerprint density at radius 1 is 0.955 bits per heavy atom. The van der Waals surface area contributed by atoms with Crippen molar-refractivity contribution < 1.29 is 4.79 Å². The van der Waals surface area contributed by atoms with Gasteiger partial charge in [-0.05, 0) is 48.4 Å². The molecule has 0 aliphatic carbocycles. The van der Waals surface area contributed by atoms with Gasteiger partial charge >= 0.3 is 0 Å². The van der Waals surface area contributed by atoms with Crippen molar-refractivity contribution in [3.05, 3.63) is 69.7 Å². The Morgan fingerprint density at radius 3 is 2.45 bits per heavy atom. The number of carbonyl (C=O) groups excluding carboxylic acids is 1. The summed E-state index contributed by atoms with van der Waals surface area (Å²) in [7, 11) is 0. The Kier molecular flexibility index (Phi) is 6.72. The van der Waals surface area contributed by atoms with Crippen LogP contribution in [0.2, 0.25) is 10.0 Å². The van der Waals surface area contributed by atoms with Crippen LogP contribution in [0.3, 0.4) is 0 Å². The van der Waals surface area contributed by atoms with Crippen molar-refractivity contribution in [3.8, 4) is 0 Å². The molecule has 0 atom stereocenters. The molecule has 22 heavy (non-hydrogen) atoms. The first-order chi connectivity index (χ1) is 10.6. The second-order valence-electron chi connectivity index (χ2n) is 4.96. The molecule has 0 unspecified atom stereocenters. The number of carbonyl (C=O) groups is 1. The molecule has 1 amide bonds. The highest BCUT2D eigenvalue weighted by molar-refractivity contribution is 6.30. The van der Waals surface area contributed by atoms with E-state index in [-0.39, 0.29) is 5.91 Å². The van der Waals surface area contributed by atoms with Crippen LogP contribution in [0.15, 0.2) is 48.5 Å². The lowest BCUT2D eigenvalue weighted by Gasteiger charge is -2.07. The van der Waals surface area contributed by atoms with Crippen LogP contribution >= 0.6 is 23.2 Å². The Labute approximate surface area is 140 Å². The lowest BCUT2D eigenvalue weighted by molar-refractivity contribution is -0.120. The summed E-state index contributed by atoms with van der Waals surface area (Å²) < 4.78 is 0. The fourth-order valence-corrected chi connectivity index (χ4v) is 2.33. The lowest BCUT2D eigenvalue weighted by atomic mass is 10.1. The van der Waals surface area contributed by atoms with E-state index in [0.29, 0.717) is 18.1 Å². The Morgan fingerprint density at radius 2 is 1.73 bits per heavy atom. The molecule has 0 saturated heterocycles. The van der Waals surface area contributed by atoms with Crippen LogP contribution < -0.4 is 10.6 Å². The van der Waals surface area contributed by atoms with Crippen LogP contribution in [-0.2, 0) is 17.8 Å². The molecule has 0 heterocycles. The van der Waals surface area contributed by atoms with Gasteiger partial charge in [-0.15, -0.1) is 0 Å². The molecule has 3 nitrogen and oxygen atoms in total. The maximum atomic E-state index is 11.7. The molecule has 116 valence electrons. The van der Waals surface area contributed by atoms with Gasteiger partial charge in [0.15, 0.2) is 0 Å². The Hall–Kier alpha value is -1.55. The van der Waals surface area contributed by atoms with Gasteiger partial charge in [-0.25, -0.2) is 0 Å². The van der Waals surface area contributed by atoms with E-state index < -0.39 is 0 Å². The van der Waals surface area contributed by atoms with Gasteiger partial charge in [0.1, 0.15) is 0 Å². The van der Waals surface area contributed by atoms with E-state index in [0.717, 1.165) is 29.1 Å². The van der Waals surface area contributed by atoms with Crippen molar-refractivity contribution in [2.45, 2.75) is 13.0 Å². The zero-order valence-corrected chi connectivity index (χ0v) is 13.6. The minimum absolute atomic E-state index is 0.0268. The van der Waals surface area contributed by atoms with E-state index in [1.165, 1.54) is 0 Å². The van der Waals surface area contributed by atoms with Crippen molar-refractivity contribution in [2.24, 2.45) is 0 Å². The third-order valence-corrected chi connectivity index (χ3v) is 3.66. The van der Waals surface area contributed by atoms with Crippen molar-refractivity contribution in [1.82, 2.24) is 10.6 Å². The van der Waals surface area contributed by atoms with Crippen molar-refractivity contribution >= 4 is 29.1 Å². The van der Waals surface area contributed by atoms with Crippen molar-refractivity contribution in [1.29, 1.82) is 0 Å². The topological polar surface area (TPSA) is 41.1 Å². The highest BCUT2D eigenvalue weighted by Gasteiger charge is 2.01. The fraction of sp³-hybridized carbons (Fsp3) is 0.235. The van der Waals surface area contributed by atoms with Gasteiger partial charge in [0.05, 0.1) is 6.54 Å². The van der Waals surface area contributed by atoms with Gasteiger partial charge in [0.25, 0.3) is 0 Å². The maximum absolute atomic E-state index is 11.7. The van der Waals surface area contributed by atoms with Crippen LogP contribution in [0.1, 0.15) is 11.1 Å². The molecule has 0 bridgehead atoms. The highest BCUT2D eigenvalue weighted by atomic mass is 35.5. The summed E-state index contributed by atoms with van der Waals surface area (Å²) >= 11 is 11.7. The minimum Gasteiger partial charge on any atom is -0.351 e. The number of nitrogens with one attached hydrogen (secondary N) is 2. The monoisotopic (exact) mass is 336 g/mol. The maximum Gasteiger partial charge on any atom is 0.234 e. The standard InChI is InChI=1S/C17H18Cl2N2O/c18-15-6-4-14(5-7-15)11-21-17(22)12-20-9-8-13-2-1-3-16(19)10-13/h1-7,10,20H,8-9,11-12H2,(H,21,22). The summed E-state index contributed by atoms with van der Waals surface area (Å²) in [6.45, 7) is 1.54. The zero-order valence-electron chi connectivity index (χ0n) is 12.1. The predicted octanol–water partition coefficient (Wildman–Crippen LogP) is 3.44. The molecule has 2 aromatic carbocycles. The van der Waals surface area contributed by atoms with Gasteiger partial charge in [0, 0.05) is 16.6 Å². The van der Waals surface area contributed by atoms with Gasteiger partial charge in [-0.3, -0.25) is 4.79 Å². The SMILES string of the molecule is O=C(CNCCc1cccc(Cl)c1)NCc1ccc(Cl)cc1. The average Bonchev–Trinajstić information content (AvgIpc) is 2.51. The first-order valence-electron chi connectivity index (χ1n) is 7.10. The van der Waals surface area contributed by atoms with E-state index in [9.17, 15) is 4.79 Å². The first-order valence-corrected chi connectivity index (χ1v) is 7.85. The molecule has 0 radical (unpaired) electrons. The summed E-state index contributed by atoms with van der Waals surface area (Å²) in [4.78, 5) is 11.7. The number of benzene rings is 2. The van der Waals surface area contributed by atoms with Crippen molar-refractivity contribution in [2.75, 3.05) is 13.1 Å². The number of rotatable bonds is 7. The van der Waals surface area contributed by atoms with Gasteiger partial charge in [-0.2, -0.15) is 0 Å². The van der Waals surface area contributed by atoms with Crippen LogP contribution in [0, 0.1) is 0 Å². The molecular weight excluding hydrogens is 319 g/mol. The number of halogens is 2. The second kappa shape index (κ2) is 8.79. The quantitative estimate of drug-likeness (QED) is 0.760. The lowest BCUT2D eigenvalue weighted by Crippen LogP contribution is -2.34. The van der Waals surface area contributed by atoms with Crippen LogP contribution in [0.5, 0.6) is 0 Å². The van der Waals surface area contributed by atoms with E-state index in [1.54, 1.807) is 0 Å². The van der Waals surface area contributed by atoms with E-state index in [4.69, 9.17) is 23.2 Å².